The van der Waals surface area contributed by atoms with Gasteiger partial charge in [-0.2, -0.15) is 5.26 Å². The number of halogens is 1. The molecule has 0 atom stereocenters. The van der Waals surface area contributed by atoms with Crippen LogP contribution in [0, 0.1) is 17.1 Å². The van der Waals surface area contributed by atoms with E-state index in [0.717, 1.165) is 13.0 Å². The van der Waals surface area contributed by atoms with Gasteiger partial charge in [-0.15, -0.1) is 0 Å². The van der Waals surface area contributed by atoms with Crippen molar-refractivity contribution in [1.29, 1.82) is 5.26 Å². The third-order valence-electron chi connectivity index (χ3n) is 2.07. The molecule has 0 spiro atoms. The Morgan fingerprint density at radius 2 is 2.27 bits per heavy atom. The zero-order valence-electron chi connectivity index (χ0n) is 8.46. The molecule has 0 radical (unpaired) electrons. The molecule has 0 saturated heterocycles. The van der Waals surface area contributed by atoms with Gasteiger partial charge in [-0.3, -0.25) is 0 Å². The van der Waals surface area contributed by atoms with Gasteiger partial charge in [0.2, 0.25) is 0 Å². The number of rotatable bonds is 5. The van der Waals surface area contributed by atoms with Gasteiger partial charge in [-0.25, -0.2) is 4.39 Å². The van der Waals surface area contributed by atoms with E-state index in [4.69, 9.17) is 11.0 Å². The third kappa shape index (κ3) is 3.31. The SMILES string of the molecule is N#Cc1cccc(CNCCCN)c1F. The molecule has 0 aliphatic heterocycles. The highest BCUT2D eigenvalue weighted by Gasteiger charge is 2.06. The van der Waals surface area contributed by atoms with Gasteiger partial charge < -0.3 is 11.1 Å². The number of nitrogens with two attached hydrogens (primary N) is 1. The molecular formula is C11H14FN3. The molecule has 0 saturated carbocycles. The van der Waals surface area contributed by atoms with Gasteiger partial charge in [0.15, 0.2) is 0 Å². The maximum Gasteiger partial charge on any atom is 0.145 e. The molecule has 80 valence electrons. The van der Waals surface area contributed by atoms with Crippen LogP contribution >= 0.6 is 0 Å². The van der Waals surface area contributed by atoms with E-state index < -0.39 is 5.82 Å². The first-order valence-electron chi connectivity index (χ1n) is 4.88. The summed E-state index contributed by atoms with van der Waals surface area (Å²) in [6, 6.07) is 6.64. The van der Waals surface area contributed by atoms with E-state index in [1.54, 1.807) is 12.1 Å². The van der Waals surface area contributed by atoms with Crippen molar-refractivity contribution in [3.05, 3.63) is 35.1 Å². The molecule has 1 rings (SSSR count). The minimum atomic E-state index is -0.430. The van der Waals surface area contributed by atoms with Crippen molar-refractivity contribution >= 4 is 0 Å². The van der Waals surface area contributed by atoms with Crippen LogP contribution in [0.15, 0.2) is 18.2 Å². The molecule has 1 aromatic rings. The molecule has 15 heavy (non-hydrogen) atoms. The molecule has 0 aromatic heterocycles. The lowest BCUT2D eigenvalue weighted by Crippen LogP contribution is -2.18. The number of benzene rings is 1. The number of hydrogen-bond donors (Lipinski definition) is 2. The Bertz CT molecular complexity index is 357. The average molecular weight is 207 g/mol. The minimum Gasteiger partial charge on any atom is -0.330 e. The maximum atomic E-state index is 13.5. The average Bonchev–Trinajstić information content (AvgIpc) is 2.26. The second-order valence-electron chi connectivity index (χ2n) is 3.21. The summed E-state index contributed by atoms with van der Waals surface area (Å²) in [5, 5.41) is 11.7. The Labute approximate surface area is 88.7 Å². The van der Waals surface area contributed by atoms with E-state index in [-0.39, 0.29) is 5.56 Å². The van der Waals surface area contributed by atoms with E-state index in [0.29, 0.717) is 18.7 Å². The third-order valence-corrected chi connectivity index (χ3v) is 2.07. The second-order valence-corrected chi connectivity index (χ2v) is 3.21. The minimum absolute atomic E-state index is 0.0909. The second kappa shape index (κ2) is 6.12. The van der Waals surface area contributed by atoms with E-state index in [1.807, 2.05) is 6.07 Å². The van der Waals surface area contributed by atoms with Crippen LogP contribution < -0.4 is 11.1 Å². The summed E-state index contributed by atoms with van der Waals surface area (Å²) in [6.07, 6.45) is 0.861. The normalized spacial score (nSPS) is 9.93. The van der Waals surface area contributed by atoms with E-state index in [9.17, 15) is 4.39 Å². The maximum absolute atomic E-state index is 13.5. The molecule has 0 aliphatic rings. The standard InChI is InChI=1S/C11H14FN3/c12-11-9(7-14)3-1-4-10(11)8-15-6-2-5-13/h1,3-4,15H,2,5-6,8,13H2. The highest BCUT2D eigenvalue weighted by molar-refractivity contribution is 5.34. The first-order valence-corrected chi connectivity index (χ1v) is 4.88. The Hall–Kier alpha value is -1.44. The van der Waals surface area contributed by atoms with Gasteiger partial charge in [0, 0.05) is 12.1 Å². The molecule has 0 fully saturated rings. The Morgan fingerprint density at radius 1 is 1.47 bits per heavy atom. The van der Waals surface area contributed by atoms with Gasteiger partial charge in [-0.1, -0.05) is 12.1 Å². The van der Waals surface area contributed by atoms with E-state index >= 15 is 0 Å². The molecule has 1 aromatic carbocycles. The van der Waals surface area contributed by atoms with Gasteiger partial charge >= 0.3 is 0 Å². The van der Waals surface area contributed by atoms with Crippen molar-refractivity contribution in [1.82, 2.24) is 5.32 Å². The van der Waals surface area contributed by atoms with E-state index in [2.05, 4.69) is 5.32 Å². The fraction of sp³-hybridized carbons (Fsp3) is 0.364. The van der Waals surface area contributed by atoms with Crippen LogP contribution in [0.4, 0.5) is 4.39 Å². The molecular weight excluding hydrogens is 193 g/mol. The number of nitrogens with zero attached hydrogens (tertiary/aromatic N) is 1. The largest absolute Gasteiger partial charge is 0.330 e. The van der Waals surface area contributed by atoms with Crippen molar-refractivity contribution in [2.24, 2.45) is 5.73 Å². The van der Waals surface area contributed by atoms with Crippen molar-refractivity contribution in [3.8, 4) is 6.07 Å². The van der Waals surface area contributed by atoms with Crippen LogP contribution in [0.3, 0.4) is 0 Å². The zero-order chi connectivity index (χ0) is 11.1. The highest BCUT2D eigenvalue weighted by Crippen LogP contribution is 2.11. The zero-order valence-corrected chi connectivity index (χ0v) is 8.46. The van der Waals surface area contributed by atoms with Gasteiger partial charge in [-0.05, 0) is 25.6 Å². The van der Waals surface area contributed by atoms with Crippen molar-refractivity contribution in [2.45, 2.75) is 13.0 Å². The van der Waals surface area contributed by atoms with Gasteiger partial charge in [0.1, 0.15) is 11.9 Å². The summed E-state index contributed by atoms with van der Waals surface area (Å²) in [5.41, 5.74) is 5.94. The molecule has 3 nitrogen and oxygen atoms in total. The van der Waals surface area contributed by atoms with Crippen molar-refractivity contribution < 1.29 is 4.39 Å². The van der Waals surface area contributed by atoms with Crippen LogP contribution in [0.5, 0.6) is 0 Å². The smallest absolute Gasteiger partial charge is 0.145 e. The lowest BCUT2D eigenvalue weighted by Gasteiger charge is -2.05. The fourth-order valence-electron chi connectivity index (χ4n) is 1.25. The molecule has 0 amide bonds. The highest BCUT2D eigenvalue weighted by atomic mass is 19.1. The molecule has 4 heteroatoms. The van der Waals surface area contributed by atoms with Crippen molar-refractivity contribution in [3.63, 3.8) is 0 Å². The Kier molecular flexibility index (Phi) is 4.75. The summed E-state index contributed by atoms with van der Waals surface area (Å²) in [7, 11) is 0. The van der Waals surface area contributed by atoms with Gasteiger partial charge in [0.25, 0.3) is 0 Å². The number of nitrogens with one attached hydrogen (secondary N) is 1. The van der Waals surface area contributed by atoms with E-state index in [1.165, 1.54) is 6.07 Å². The predicted molar refractivity (Wildman–Crippen MR) is 56.5 cm³/mol. The first-order chi connectivity index (χ1) is 7.29. The molecule has 3 N–H and O–H groups in total. The molecule has 0 bridgehead atoms. The Balaban J connectivity index is 2.58. The first kappa shape index (κ1) is 11.6. The summed E-state index contributed by atoms with van der Waals surface area (Å²) in [4.78, 5) is 0. The van der Waals surface area contributed by atoms with Gasteiger partial charge in [0.05, 0.1) is 5.56 Å². The molecule has 0 aliphatic carbocycles. The topological polar surface area (TPSA) is 61.8 Å². The molecule has 0 unspecified atom stereocenters. The van der Waals surface area contributed by atoms with Crippen LogP contribution in [-0.2, 0) is 6.54 Å². The molecule has 0 heterocycles. The summed E-state index contributed by atoms with van der Waals surface area (Å²) in [6.45, 7) is 1.81. The van der Waals surface area contributed by atoms with Crippen LogP contribution in [0.1, 0.15) is 17.5 Å². The van der Waals surface area contributed by atoms with Crippen LogP contribution in [-0.4, -0.2) is 13.1 Å². The number of nitriles is 1. The lowest BCUT2D eigenvalue weighted by molar-refractivity contribution is 0.580. The summed E-state index contributed by atoms with van der Waals surface area (Å²) >= 11 is 0. The Morgan fingerprint density at radius 3 is 2.93 bits per heavy atom. The van der Waals surface area contributed by atoms with Crippen molar-refractivity contribution in [2.75, 3.05) is 13.1 Å². The predicted octanol–water partition coefficient (Wildman–Crippen LogP) is 1.14. The number of hydrogen-bond acceptors (Lipinski definition) is 3. The summed E-state index contributed by atoms with van der Waals surface area (Å²) in [5.74, 6) is -0.430. The van der Waals surface area contributed by atoms with Crippen LogP contribution in [0.2, 0.25) is 0 Å². The quantitative estimate of drug-likeness (QED) is 0.712. The van der Waals surface area contributed by atoms with Crippen LogP contribution in [0.25, 0.3) is 0 Å². The fourth-order valence-corrected chi connectivity index (χ4v) is 1.25. The summed E-state index contributed by atoms with van der Waals surface area (Å²) < 4.78 is 13.5. The lowest BCUT2D eigenvalue weighted by atomic mass is 10.1. The monoisotopic (exact) mass is 207 g/mol.